The summed E-state index contributed by atoms with van der Waals surface area (Å²) in [6.45, 7) is -0.420. The minimum absolute atomic E-state index is 0.0359. The topological polar surface area (TPSA) is 62.1 Å². The zero-order valence-electron chi connectivity index (χ0n) is 12.5. The average Bonchev–Trinajstić information content (AvgIpc) is 2.95. The molecule has 0 aliphatic heterocycles. The molecule has 0 atom stereocenters. The van der Waals surface area contributed by atoms with Crippen LogP contribution in [0.3, 0.4) is 0 Å². The Hall–Kier alpha value is -2.46. The molecule has 0 amide bonds. The molecular weight excluding hydrogens is 368 g/mol. The van der Waals surface area contributed by atoms with Crippen LogP contribution in [0, 0.1) is 5.82 Å². The Balaban J connectivity index is 2.20. The van der Waals surface area contributed by atoms with Gasteiger partial charge in [-0.2, -0.15) is 18.3 Å². The molecule has 25 heavy (non-hydrogen) atoms. The predicted molar refractivity (Wildman–Crippen MR) is 79.1 cm³/mol. The average molecular weight is 377 g/mol. The summed E-state index contributed by atoms with van der Waals surface area (Å²) in [4.78, 5) is 7.68. The normalized spacial score (nSPS) is 11.9. The van der Waals surface area contributed by atoms with Crippen LogP contribution in [0.25, 0.3) is 16.7 Å². The molecule has 0 spiro atoms. The molecule has 0 saturated heterocycles. The predicted octanol–water partition coefficient (Wildman–Crippen LogP) is 3.61. The fourth-order valence-corrected chi connectivity index (χ4v) is 2.28. The van der Waals surface area contributed by atoms with E-state index in [-0.39, 0.29) is 11.0 Å². The van der Waals surface area contributed by atoms with E-state index in [0.717, 1.165) is 10.7 Å². The molecule has 2 heterocycles. The van der Waals surface area contributed by atoms with Crippen LogP contribution in [0.2, 0.25) is 5.28 Å². The number of halogens is 5. The van der Waals surface area contributed by atoms with Crippen LogP contribution in [0.5, 0.6) is 5.75 Å². The van der Waals surface area contributed by atoms with E-state index >= 15 is 0 Å². The van der Waals surface area contributed by atoms with Crippen LogP contribution < -0.4 is 4.74 Å². The highest BCUT2D eigenvalue weighted by molar-refractivity contribution is 6.28. The molecule has 0 aliphatic rings. The molecule has 2 aromatic heterocycles. The molecule has 0 fully saturated rings. The zero-order chi connectivity index (χ0) is 18.2. The first-order chi connectivity index (χ1) is 11.8. The lowest BCUT2D eigenvalue weighted by Gasteiger charge is -2.15. The molecule has 0 aliphatic carbocycles. The molecule has 3 aromatic rings. The van der Waals surface area contributed by atoms with Crippen molar-refractivity contribution < 1.29 is 27.0 Å². The smallest absolute Gasteiger partial charge is 0.419 e. The molecule has 3 rings (SSSR count). The van der Waals surface area contributed by atoms with Crippen molar-refractivity contribution in [2.24, 2.45) is 0 Å². The second kappa shape index (κ2) is 6.45. The first kappa shape index (κ1) is 17.4. The van der Waals surface area contributed by atoms with Gasteiger partial charge < -0.3 is 9.47 Å². The van der Waals surface area contributed by atoms with E-state index in [4.69, 9.17) is 16.3 Å². The summed E-state index contributed by atoms with van der Waals surface area (Å²) in [6.07, 6.45) is -2.33. The minimum atomic E-state index is -4.92. The van der Waals surface area contributed by atoms with Gasteiger partial charge in [-0.05, 0) is 17.7 Å². The first-order valence-corrected chi connectivity index (χ1v) is 7.08. The van der Waals surface area contributed by atoms with Gasteiger partial charge >= 0.3 is 6.18 Å². The maximum atomic E-state index is 14.1. The second-order valence-electron chi connectivity index (χ2n) is 4.82. The molecular formula is C14H9ClF4N4O2. The number of benzene rings is 1. The molecule has 11 heteroatoms. The lowest BCUT2D eigenvalue weighted by molar-refractivity contribution is -0.140. The van der Waals surface area contributed by atoms with Crippen molar-refractivity contribution in [3.8, 4) is 11.4 Å². The maximum Gasteiger partial charge on any atom is 0.419 e. The van der Waals surface area contributed by atoms with Gasteiger partial charge in [0.1, 0.15) is 11.0 Å². The van der Waals surface area contributed by atoms with Crippen LogP contribution >= 0.6 is 11.6 Å². The quantitative estimate of drug-likeness (QED) is 0.395. The monoisotopic (exact) mass is 376 g/mol. The van der Waals surface area contributed by atoms with E-state index in [1.807, 2.05) is 0 Å². The molecule has 1 aromatic carbocycles. The van der Waals surface area contributed by atoms with E-state index in [9.17, 15) is 17.6 Å². The molecule has 0 saturated carbocycles. The van der Waals surface area contributed by atoms with E-state index in [0.29, 0.717) is 17.1 Å². The summed E-state index contributed by atoms with van der Waals surface area (Å²) < 4.78 is 64.2. The number of aromatic nitrogens is 4. The summed E-state index contributed by atoms with van der Waals surface area (Å²) in [6, 6.07) is 1.70. The Morgan fingerprint density at radius 3 is 2.68 bits per heavy atom. The Kier molecular flexibility index (Phi) is 4.48. The number of alkyl halides is 3. The van der Waals surface area contributed by atoms with E-state index < -0.39 is 30.1 Å². The summed E-state index contributed by atoms with van der Waals surface area (Å²) in [5.41, 5.74) is -0.963. The maximum absolute atomic E-state index is 14.1. The highest BCUT2D eigenvalue weighted by Gasteiger charge is 2.36. The zero-order valence-corrected chi connectivity index (χ0v) is 13.3. The Labute approximate surface area is 143 Å². The summed E-state index contributed by atoms with van der Waals surface area (Å²) in [7, 11) is 1.26. The molecule has 0 N–H and O–H groups in total. The molecule has 6 nitrogen and oxygen atoms in total. The van der Waals surface area contributed by atoms with Gasteiger partial charge in [0.2, 0.25) is 5.28 Å². The first-order valence-electron chi connectivity index (χ1n) is 6.70. The summed E-state index contributed by atoms with van der Waals surface area (Å²) >= 11 is 5.67. The van der Waals surface area contributed by atoms with Crippen LogP contribution in [-0.2, 0) is 10.9 Å². The van der Waals surface area contributed by atoms with Gasteiger partial charge in [0.25, 0.3) is 0 Å². The number of nitrogens with zero attached hydrogens (tertiary/aromatic N) is 4. The van der Waals surface area contributed by atoms with Crippen molar-refractivity contribution >= 4 is 22.6 Å². The molecule has 0 radical (unpaired) electrons. The molecule has 0 bridgehead atoms. The number of hydrogen-bond donors (Lipinski definition) is 0. The number of methoxy groups -OCH3 is 1. The van der Waals surface area contributed by atoms with E-state index in [1.54, 1.807) is 0 Å². The molecule has 0 unspecified atom stereocenters. The Bertz CT molecular complexity index is 929. The van der Waals surface area contributed by atoms with Crippen molar-refractivity contribution in [3.05, 3.63) is 41.2 Å². The second-order valence-corrected chi connectivity index (χ2v) is 5.16. The number of fused-ring (bicyclic) bond motifs is 1. The van der Waals surface area contributed by atoms with Crippen molar-refractivity contribution in [2.45, 2.75) is 6.18 Å². The van der Waals surface area contributed by atoms with Gasteiger partial charge in [-0.15, -0.1) is 0 Å². The Morgan fingerprint density at radius 2 is 2.00 bits per heavy atom. The number of ether oxygens (including phenoxy) is 2. The number of rotatable bonds is 4. The van der Waals surface area contributed by atoms with Crippen LogP contribution in [0.15, 0.2) is 24.5 Å². The van der Waals surface area contributed by atoms with Gasteiger partial charge in [-0.1, -0.05) is 0 Å². The summed E-state index contributed by atoms with van der Waals surface area (Å²) in [5, 5.41) is 3.92. The van der Waals surface area contributed by atoms with E-state index in [2.05, 4.69) is 19.8 Å². The van der Waals surface area contributed by atoms with Crippen molar-refractivity contribution in [3.63, 3.8) is 0 Å². The third kappa shape index (κ3) is 3.35. The van der Waals surface area contributed by atoms with Gasteiger partial charge in [0, 0.05) is 13.2 Å². The third-order valence-corrected chi connectivity index (χ3v) is 3.38. The summed E-state index contributed by atoms with van der Waals surface area (Å²) in [5.74, 6) is -2.16. The van der Waals surface area contributed by atoms with E-state index in [1.165, 1.54) is 19.5 Å². The van der Waals surface area contributed by atoms with Gasteiger partial charge in [0.05, 0.1) is 23.6 Å². The highest BCUT2D eigenvalue weighted by atomic mass is 35.5. The highest BCUT2D eigenvalue weighted by Crippen LogP contribution is 2.37. The van der Waals surface area contributed by atoms with Crippen molar-refractivity contribution in [2.75, 3.05) is 13.9 Å². The fraction of sp³-hybridized carbons (Fsp3) is 0.214. The lowest BCUT2D eigenvalue weighted by atomic mass is 10.1. The lowest BCUT2D eigenvalue weighted by Crippen LogP contribution is -2.12. The van der Waals surface area contributed by atoms with Crippen LogP contribution in [0.4, 0.5) is 17.6 Å². The fourth-order valence-electron chi connectivity index (χ4n) is 2.14. The SMILES string of the molecule is COCOc1cc(-n2ncc3nc(Cl)ncc32)cc(C(F)(F)F)c1F. The van der Waals surface area contributed by atoms with Gasteiger partial charge in [-0.25, -0.2) is 19.0 Å². The third-order valence-electron chi connectivity index (χ3n) is 3.20. The van der Waals surface area contributed by atoms with Crippen LogP contribution in [0.1, 0.15) is 5.56 Å². The number of hydrogen-bond acceptors (Lipinski definition) is 5. The minimum Gasteiger partial charge on any atom is -0.464 e. The van der Waals surface area contributed by atoms with Crippen LogP contribution in [-0.4, -0.2) is 33.7 Å². The standard InChI is InChI=1S/C14H9ClF4N4O2/c1-24-6-25-11-3-7(2-8(12(11)16)14(17,18)19)23-10-5-20-13(15)22-9(10)4-21-23/h2-5H,6H2,1H3. The molecule has 132 valence electrons. The van der Waals surface area contributed by atoms with Crippen molar-refractivity contribution in [1.29, 1.82) is 0 Å². The van der Waals surface area contributed by atoms with Gasteiger partial charge in [-0.3, -0.25) is 0 Å². The van der Waals surface area contributed by atoms with Gasteiger partial charge in [0.15, 0.2) is 18.4 Å². The largest absolute Gasteiger partial charge is 0.464 e. The van der Waals surface area contributed by atoms with Crippen molar-refractivity contribution in [1.82, 2.24) is 19.7 Å². The Morgan fingerprint density at radius 1 is 1.24 bits per heavy atom.